The normalized spacial score (nSPS) is 12.0. The molecule has 7 heteroatoms. The van der Waals surface area contributed by atoms with Gasteiger partial charge in [-0.1, -0.05) is 13.8 Å². The molecule has 0 heterocycles. The van der Waals surface area contributed by atoms with Crippen molar-refractivity contribution in [3.8, 4) is 0 Å². The molecule has 5 N–H and O–H groups in total. The van der Waals surface area contributed by atoms with Crippen LogP contribution < -0.4 is 5.73 Å². The second-order valence-corrected chi connectivity index (χ2v) is 5.32. The van der Waals surface area contributed by atoms with Crippen LogP contribution in [0.2, 0.25) is 0 Å². The first-order valence-corrected chi connectivity index (χ1v) is 7.16. The van der Waals surface area contributed by atoms with E-state index in [-0.39, 0.29) is 9.92 Å². The van der Waals surface area contributed by atoms with Crippen LogP contribution in [0.4, 0.5) is 0 Å². The number of nitrogens with two attached hydrogens (primary N) is 1. The number of aliphatic hydroxyl groups excluding tert-OH is 3. The van der Waals surface area contributed by atoms with Gasteiger partial charge in [-0.25, -0.2) is 0 Å². The molecule has 0 saturated heterocycles. The fourth-order valence-corrected chi connectivity index (χ4v) is 1.58. The average molecular weight is 268 g/mol. The van der Waals surface area contributed by atoms with Crippen LogP contribution in [0.15, 0.2) is 0 Å². The van der Waals surface area contributed by atoms with Gasteiger partial charge in [0.1, 0.15) is 0 Å². The third-order valence-corrected chi connectivity index (χ3v) is 4.17. The van der Waals surface area contributed by atoms with Crippen LogP contribution in [-0.4, -0.2) is 74.9 Å². The zero-order chi connectivity index (χ0) is 13.7. The van der Waals surface area contributed by atoms with Crippen molar-refractivity contribution in [1.82, 2.24) is 4.57 Å². The fourth-order valence-electron chi connectivity index (χ4n) is 0.777. The molecule has 17 heavy (non-hydrogen) atoms. The van der Waals surface area contributed by atoms with Gasteiger partial charge in [0.2, 0.25) is 9.92 Å². The molecule has 0 aliphatic rings. The van der Waals surface area contributed by atoms with Crippen molar-refractivity contribution in [2.24, 2.45) is 5.73 Å². The van der Waals surface area contributed by atoms with Gasteiger partial charge in [-0.05, 0) is 20.0 Å². The SMILES string of the molecule is CCO[SiH2]N(CC)CC.NC(CO)(CO)CO. The highest BCUT2D eigenvalue weighted by Crippen LogP contribution is 1.93. The molecular weight excluding hydrogens is 240 g/mol. The standard InChI is InChI=1S/C6H17NOSi.C4H11NO3/c1-4-7(5-2)9-8-6-3;5-4(1-6,2-7)3-8/h4-6,9H2,1-3H3;6-8H,1-3,5H2. The van der Waals surface area contributed by atoms with Gasteiger partial charge in [0.05, 0.1) is 25.4 Å². The third kappa shape index (κ3) is 10.8. The van der Waals surface area contributed by atoms with Crippen LogP contribution >= 0.6 is 0 Å². The Bertz CT molecular complexity index is 147. The molecule has 0 aromatic heterocycles. The summed E-state index contributed by atoms with van der Waals surface area (Å²) in [7, 11) is -0.341. The minimum absolute atomic E-state index is 0.341. The smallest absolute Gasteiger partial charge is 0.238 e. The van der Waals surface area contributed by atoms with Gasteiger partial charge in [0.25, 0.3) is 0 Å². The number of aliphatic hydroxyl groups is 3. The van der Waals surface area contributed by atoms with Crippen molar-refractivity contribution in [2.45, 2.75) is 26.3 Å². The van der Waals surface area contributed by atoms with Crippen LogP contribution in [0.3, 0.4) is 0 Å². The van der Waals surface area contributed by atoms with Gasteiger partial charge < -0.3 is 30.0 Å². The van der Waals surface area contributed by atoms with Gasteiger partial charge in [-0.15, -0.1) is 0 Å². The molecule has 0 radical (unpaired) electrons. The molecule has 0 fully saturated rings. The topological polar surface area (TPSA) is 99.2 Å². The lowest BCUT2D eigenvalue weighted by atomic mass is 10.1. The molecule has 0 aliphatic heterocycles. The minimum atomic E-state index is -1.21. The fraction of sp³-hybridized carbons (Fsp3) is 1.00. The highest BCUT2D eigenvalue weighted by molar-refractivity contribution is 6.23. The van der Waals surface area contributed by atoms with Gasteiger partial charge in [0.15, 0.2) is 0 Å². The Morgan fingerprint density at radius 3 is 1.65 bits per heavy atom. The maximum atomic E-state index is 8.34. The summed E-state index contributed by atoms with van der Waals surface area (Å²) in [5.41, 5.74) is 3.94. The van der Waals surface area contributed by atoms with Crippen molar-refractivity contribution in [2.75, 3.05) is 39.5 Å². The summed E-state index contributed by atoms with van der Waals surface area (Å²) < 4.78 is 7.72. The van der Waals surface area contributed by atoms with Crippen molar-refractivity contribution in [3.05, 3.63) is 0 Å². The van der Waals surface area contributed by atoms with E-state index in [0.29, 0.717) is 0 Å². The van der Waals surface area contributed by atoms with Crippen LogP contribution in [-0.2, 0) is 4.43 Å². The zero-order valence-corrected chi connectivity index (χ0v) is 12.6. The Kier molecular flexibility index (Phi) is 14.1. The Hall–Kier alpha value is -0.0231. The summed E-state index contributed by atoms with van der Waals surface area (Å²) in [6.07, 6.45) is 0. The van der Waals surface area contributed by atoms with Crippen molar-refractivity contribution in [3.63, 3.8) is 0 Å². The van der Waals surface area contributed by atoms with Crippen molar-refractivity contribution >= 4 is 9.92 Å². The zero-order valence-electron chi connectivity index (χ0n) is 11.2. The van der Waals surface area contributed by atoms with E-state index in [4.69, 9.17) is 25.5 Å². The molecule has 0 aliphatic carbocycles. The van der Waals surface area contributed by atoms with Crippen molar-refractivity contribution in [1.29, 1.82) is 0 Å². The molecule has 0 spiro atoms. The second kappa shape index (κ2) is 12.4. The number of hydrogen-bond donors (Lipinski definition) is 4. The molecule has 0 aromatic carbocycles. The second-order valence-electron chi connectivity index (χ2n) is 3.76. The van der Waals surface area contributed by atoms with Crippen LogP contribution in [0.1, 0.15) is 20.8 Å². The summed E-state index contributed by atoms with van der Waals surface area (Å²) >= 11 is 0. The van der Waals surface area contributed by atoms with E-state index in [1.807, 2.05) is 0 Å². The average Bonchev–Trinajstić information content (AvgIpc) is 2.40. The number of rotatable bonds is 8. The predicted molar refractivity (Wildman–Crippen MR) is 71.3 cm³/mol. The van der Waals surface area contributed by atoms with Gasteiger partial charge in [-0.2, -0.15) is 0 Å². The number of hydrogen-bond acceptors (Lipinski definition) is 6. The monoisotopic (exact) mass is 268 g/mol. The van der Waals surface area contributed by atoms with E-state index in [1.165, 1.54) is 0 Å². The van der Waals surface area contributed by atoms with Crippen LogP contribution in [0, 0.1) is 0 Å². The molecule has 106 valence electrons. The van der Waals surface area contributed by atoms with E-state index in [2.05, 4.69) is 25.3 Å². The molecule has 0 rings (SSSR count). The Balaban J connectivity index is 0. The molecular formula is C10H28N2O4Si. The van der Waals surface area contributed by atoms with Gasteiger partial charge in [-0.3, -0.25) is 0 Å². The molecule has 6 nitrogen and oxygen atoms in total. The largest absolute Gasteiger partial charge is 0.409 e. The van der Waals surface area contributed by atoms with Gasteiger partial charge in [0, 0.05) is 6.61 Å². The van der Waals surface area contributed by atoms with Gasteiger partial charge >= 0.3 is 0 Å². The molecule has 0 amide bonds. The quantitative estimate of drug-likeness (QED) is 0.381. The summed E-state index contributed by atoms with van der Waals surface area (Å²) in [6.45, 7) is 8.36. The molecule has 0 saturated carbocycles. The molecule has 0 atom stereocenters. The maximum absolute atomic E-state index is 8.34. The summed E-state index contributed by atoms with van der Waals surface area (Å²) in [4.78, 5) is 0. The van der Waals surface area contributed by atoms with Crippen LogP contribution in [0.25, 0.3) is 0 Å². The Morgan fingerprint density at radius 2 is 1.47 bits per heavy atom. The van der Waals surface area contributed by atoms with E-state index >= 15 is 0 Å². The third-order valence-electron chi connectivity index (χ3n) is 2.32. The maximum Gasteiger partial charge on any atom is 0.238 e. The highest BCUT2D eigenvalue weighted by Gasteiger charge is 2.20. The summed E-state index contributed by atoms with van der Waals surface area (Å²) in [5.74, 6) is 0. The Labute approximate surface area is 106 Å². The van der Waals surface area contributed by atoms with E-state index in [9.17, 15) is 0 Å². The first-order chi connectivity index (χ1) is 8.03. The highest BCUT2D eigenvalue weighted by atomic mass is 28.2. The summed E-state index contributed by atoms with van der Waals surface area (Å²) in [6, 6.07) is 0. The van der Waals surface area contributed by atoms with E-state index < -0.39 is 25.4 Å². The van der Waals surface area contributed by atoms with Crippen LogP contribution in [0.5, 0.6) is 0 Å². The first kappa shape index (κ1) is 19.3. The predicted octanol–water partition coefficient (Wildman–Crippen LogP) is -1.98. The lowest BCUT2D eigenvalue weighted by Crippen LogP contribution is -2.50. The Morgan fingerprint density at radius 1 is 1.06 bits per heavy atom. The minimum Gasteiger partial charge on any atom is -0.409 e. The lowest BCUT2D eigenvalue weighted by Gasteiger charge is -2.20. The lowest BCUT2D eigenvalue weighted by molar-refractivity contribution is 0.0698. The van der Waals surface area contributed by atoms with E-state index in [1.54, 1.807) is 0 Å². The number of nitrogens with zero attached hydrogens (tertiary/aromatic N) is 1. The first-order valence-electron chi connectivity index (χ1n) is 5.95. The van der Waals surface area contributed by atoms with E-state index in [0.717, 1.165) is 19.7 Å². The molecule has 0 bridgehead atoms. The molecule has 0 aromatic rings. The molecule has 0 unspecified atom stereocenters. The van der Waals surface area contributed by atoms with Crippen molar-refractivity contribution < 1.29 is 19.7 Å². The summed E-state index contributed by atoms with van der Waals surface area (Å²) in [5, 5.41) is 25.0.